The Kier molecular flexibility index (Phi) is 3.26. The molecule has 0 aliphatic carbocycles. The molecule has 0 spiro atoms. The first-order chi connectivity index (χ1) is 8.54. The van der Waals surface area contributed by atoms with Gasteiger partial charge in [-0.2, -0.15) is 0 Å². The van der Waals surface area contributed by atoms with Crippen LogP contribution in [0.1, 0.15) is 0 Å². The largest absolute Gasteiger partial charge is 0.383 e. The predicted molar refractivity (Wildman–Crippen MR) is 72.1 cm³/mol. The maximum atomic E-state index is 11.4. The second-order valence-corrected chi connectivity index (χ2v) is 4.22. The number of aromatic nitrogens is 2. The lowest BCUT2D eigenvalue weighted by atomic mass is 10.3. The first kappa shape index (κ1) is 12.5. The molecule has 3 N–H and O–H groups in total. The van der Waals surface area contributed by atoms with Crippen LogP contribution < -0.4 is 11.3 Å². The molecule has 0 aliphatic heterocycles. The Balaban J connectivity index is 2.79. The summed E-state index contributed by atoms with van der Waals surface area (Å²) >= 11 is 10.8. The van der Waals surface area contributed by atoms with Gasteiger partial charge in [-0.15, -0.1) is 4.91 Å². The fraction of sp³-hybridized carbons (Fsp3) is 0. The van der Waals surface area contributed by atoms with E-state index in [-0.39, 0.29) is 10.6 Å². The van der Waals surface area contributed by atoms with Crippen molar-refractivity contribution in [3.05, 3.63) is 49.3 Å². The molecule has 8 heteroatoms. The molecule has 0 amide bonds. The van der Waals surface area contributed by atoms with E-state index < -0.39 is 11.2 Å². The van der Waals surface area contributed by atoms with Crippen molar-refractivity contribution in [2.24, 2.45) is 5.18 Å². The molecule has 1 aromatic heterocycles. The molecular formula is C10H7ClN4O2S. The van der Waals surface area contributed by atoms with Crippen molar-refractivity contribution in [2.75, 3.05) is 5.73 Å². The number of aromatic amines is 1. The van der Waals surface area contributed by atoms with Crippen LogP contribution in [0.2, 0.25) is 5.02 Å². The Morgan fingerprint density at radius 1 is 1.33 bits per heavy atom. The highest BCUT2D eigenvalue weighted by molar-refractivity contribution is 7.71. The summed E-state index contributed by atoms with van der Waals surface area (Å²) in [5.41, 5.74) is 5.17. The number of anilines is 1. The van der Waals surface area contributed by atoms with Crippen molar-refractivity contribution in [3.63, 3.8) is 0 Å². The third kappa shape index (κ3) is 2.05. The molecule has 6 nitrogen and oxygen atoms in total. The maximum Gasteiger partial charge on any atom is 0.283 e. The lowest BCUT2D eigenvalue weighted by Gasteiger charge is -2.10. The minimum atomic E-state index is -0.710. The number of nitrogen functional groups attached to an aromatic ring is 1. The monoisotopic (exact) mass is 282 g/mol. The van der Waals surface area contributed by atoms with E-state index in [0.29, 0.717) is 10.7 Å². The lowest BCUT2D eigenvalue weighted by Crippen LogP contribution is -2.16. The van der Waals surface area contributed by atoms with Crippen molar-refractivity contribution in [3.8, 4) is 5.69 Å². The molecular weight excluding hydrogens is 276 g/mol. The summed E-state index contributed by atoms with van der Waals surface area (Å²) in [7, 11) is 0. The number of nitrogens with one attached hydrogen (secondary N) is 1. The van der Waals surface area contributed by atoms with Crippen molar-refractivity contribution in [1.82, 2.24) is 9.55 Å². The van der Waals surface area contributed by atoms with Crippen molar-refractivity contribution >= 4 is 35.3 Å². The van der Waals surface area contributed by atoms with Gasteiger partial charge in [-0.1, -0.05) is 11.6 Å². The van der Waals surface area contributed by atoms with Crippen LogP contribution in [0.25, 0.3) is 5.69 Å². The molecule has 0 radical (unpaired) electrons. The molecule has 1 heterocycles. The van der Waals surface area contributed by atoms with Crippen LogP contribution in [0.15, 0.2) is 34.2 Å². The standard InChI is InChI=1S/C10H7ClN4O2S/c11-5-1-3-6(4-2-5)15-8(12)7(14-17)9(16)13-10(15)18/h1-4H,12H2,(H,13,16,18). The summed E-state index contributed by atoms with van der Waals surface area (Å²) < 4.78 is 1.41. The number of H-pyrrole nitrogens is 1. The van der Waals surface area contributed by atoms with Gasteiger partial charge < -0.3 is 5.73 Å². The van der Waals surface area contributed by atoms with Crippen LogP contribution in [0.5, 0.6) is 0 Å². The van der Waals surface area contributed by atoms with E-state index in [1.807, 2.05) is 0 Å². The van der Waals surface area contributed by atoms with E-state index in [0.717, 1.165) is 0 Å². The highest BCUT2D eigenvalue weighted by Crippen LogP contribution is 2.21. The SMILES string of the molecule is Nc1c(N=O)c(=O)[nH]c(=S)n1-c1ccc(Cl)cc1. The molecule has 0 fully saturated rings. The smallest absolute Gasteiger partial charge is 0.283 e. The van der Waals surface area contributed by atoms with Crippen LogP contribution in [-0.2, 0) is 0 Å². The molecule has 0 atom stereocenters. The first-order valence-electron chi connectivity index (χ1n) is 4.78. The van der Waals surface area contributed by atoms with Crippen LogP contribution in [0.4, 0.5) is 11.5 Å². The highest BCUT2D eigenvalue weighted by Gasteiger charge is 2.12. The number of nitrogens with zero attached hydrogens (tertiary/aromatic N) is 2. The van der Waals surface area contributed by atoms with Gasteiger partial charge in [-0.3, -0.25) is 14.3 Å². The number of nitroso groups, excluding NO2 is 1. The fourth-order valence-electron chi connectivity index (χ4n) is 1.48. The molecule has 2 aromatic rings. The second kappa shape index (κ2) is 4.71. The van der Waals surface area contributed by atoms with Crippen LogP contribution in [0.3, 0.4) is 0 Å². The second-order valence-electron chi connectivity index (χ2n) is 3.40. The van der Waals surface area contributed by atoms with Crippen molar-refractivity contribution < 1.29 is 0 Å². The average molecular weight is 283 g/mol. The zero-order valence-corrected chi connectivity index (χ0v) is 10.5. The average Bonchev–Trinajstić information content (AvgIpc) is 2.31. The molecule has 18 heavy (non-hydrogen) atoms. The van der Waals surface area contributed by atoms with E-state index in [2.05, 4.69) is 10.2 Å². The van der Waals surface area contributed by atoms with Crippen LogP contribution in [-0.4, -0.2) is 9.55 Å². The normalized spacial score (nSPS) is 10.3. The third-order valence-electron chi connectivity index (χ3n) is 2.30. The van der Waals surface area contributed by atoms with Crippen molar-refractivity contribution in [1.29, 1.82) is 0 Å². The van der Waals surface area contributed by atoms with Gasteiger partial charge in [0, 0.05) is 10.7 Å². The third-order valence-corrected chi connectivity index (χ3v) is 2.83. The molecule has 1 aromatic carbocycles. The number of hydrogen-bond acceptors (Lipinski definition) is 5. The summed E-state index contributed by atoms with van der Waals surface area (Å²) in [6.45, 7) is 0. The van der Waals surface area contributed by atoms with Gasteiger partial charge >= 0.3 is 0 Å². The topological polar surface area (TPSA) is 93.2 Å². The molecule has 0 aliphatic rings. The summed E-state index contributed by atoms with van der Waals surface area (Å²) in [4.78, 5) is 24.3. The van der Waals surface area contributed by atoms with Gasteiger partial charge in [0.05, 0.1) is 0 Å². The zero-order chi connectivity index (χ0) is 13.3. The molecule has 0 saturated carbocycles. The van der Waals surface area contributed by atoms with Crippen LogP contribution >= 0.6 is 23.8 Å². The Hall–Kier alpha value is -1.99. The van der Waals surface area contributed by atoms with E-state index in [1.165, 1.54) is 4.57 Å². The minimum Gasteiger partial charge on any atom is -0.383 e. The summed E-state index contributed by atoms with van der Waals surface area (Å²) in [6, 6.07) is 6.58. The minimum absolute atomic E-state index is 0.0761. The molecule has 0 bridgehead atoms. The molecule has 0 saturated heterocycles. The summed E-state index contributed by atoms with van der Waals surface area (Å²) in [6.07, 6.45) is 0. The molecule has 2 rings (SSSR count). The molecule has 92 valence electrons. The summed E-state index contributed by atoms with van der Waals surface area (Å²) in [5.74, 6) is -0.110. The quantitative estimate of drug-likeness (QED) is 0.654. The van der Waals surface area contributed by atoms with Gasteiger partial charge in [0.2, 0.25) is 5.69 Å². The van der Waals surface area contributed by atoms with E-state index in [4.69, 9.17) is 29.6 Å². The van der Waals surface area contributed by atoms with E-state index >= 15 is 0 Å². The van der Waals surface area contributed by atoms with Gasteiger partial charge in [0.25, 0.3) is 5.56 Å². The maximum absolute atomic E-state index is 11.4. The lowest BCUT2D eigenvalue weighted by molar-refractivity contribution is 0.949. The first-order valence-corrected chi connectivity index (χ1v) is 5.57. The molecule has 0 unspecified atom stereocenters. The Labute approximate surface area is 111 Å². The summed E-state index contributed by atoms with van der Waals surface area (Å²) in [5, 5.41) is 3.15. The van der Waals surface area contributed by atoms with E-state index in [1.54, 1.807) is 24.3 Å². The fourth-order valence-corrected chi connectivity index (χ4v) is 1.90. The highest BCUT2D eigenvalue weighted by atomic mass is 35.5. The van der Waals surface area contributed by atoms with Gasteiger partial charge in [-0.05, 0) is 41.7 Å². The van der Waals surface area contributed by atoms with E-state index in [9.17, 15) is 9.70 Å². The van der Waals surface area contributed by atoms with Gasteiger partial charge in [-0.25, -0.2) is 0 Å². The Morgan fingerprint density at radius 3 is 2.50 bits per heavy atom. The number of benzene rings is 1. The predicted octanol–water partition coefficient (Wildman–Crippen LogP) is 2.53. The Bertz CT molecular complexity index is 720. The zero-order valence-electron chi connectivity index (χ0n) is 8.88. The number of nitrogens with two attached hydrogens (primary N) is 1. The number of hydrogen-bond donors (Lipinski definition) is 2. The van der Waals surface area contributed by atoms with Gasteiger partial charge in [0.15, 0.2) is 4.77 Å². The van der Waals surface area contributed by atoms with Crippen molar-refractivity contribution in [2.45, 2.75) is 0 Å². The number of halogens is 1. The van der Waals surface area contributed by atoms with Crippen LogP contribution in [0, 0.1) is 9.68 Å². The van der Waals surface area contributed by atoms with Gasteiger partial charge in [0.1, 0.15) is 5.82 Å². The number of rotatable bonds is 2. The Morgan fingerprint density at radius 2 is 1.94 bits per heavy atom.